The lowest BCUT2D eigenvalue weighted by Crippen LogP contribution is -2.44. The van der Waals surface area contributed by atoms with Gasteiger partial charge in [-0.05, 0) is 30.5 Å². The van der Waals surface area contributed by atoms with E-state index in [0.29, 0.717) is 12.8 Å². The molecular formula is C14H16F2N2O2. The van der Waals surface area contributed by atoms with Gasteiger partial charge in [0, 0.05) is 6.07 Å². The molecule has 1 rings (SSSR count). The second-order valence-electron chi connectivity index (χ2n) is 4.34. The number of carbonyl (C=O) groups excluding carboxylic acids is 2. The zero-order valence-electron chi connectivity index (χ0n) is 10.9. The van der Waals surface area contributed by atoms with Crippen LogP contribution >= 0.6 is 0 Å². The number of hydrogen-bond donors (Lipinski definition) is 2. The highest BCUT2D eigenvalue weighted by atomic mass is 19.1. The van der Waals surface area contributed by atoms with Gasteiger partial charge in [-0.25, -0.2) is 8.78 Å². The van der Waals surface area contributed by atoms with Gasteiger partial charge in [-0.2, -0.15) is 0 Å². The SMILES string of the molecule is C=CCC[C@@H](NC(=O)Cc1cc(F)cc(F)c1)C(N)=O. The van der Waals surface area contributed by atoms with Gasteiger partial charge in [-0.15, -0.1) is 6.58 Å². The minimum atomic E-state index is -0.820. The van der Waals surface area contributed by atoms with Gasteiger partial charge >= 0.3 is 0 Å². The first-order valence-corrected chi connectivity index (χ1v) is 6.07. The predicted octanol–water partition coefficient (Wildman–Crippen LogP) is 1.44. The maximum absolute atomic E-state index is 13.0. The van der Waals surface area contributed by atoms with Crippen LogP contribution in [0.2, 0.25) is 0 Å². The van der Waals surface area contributed by atoms with Crippen molar-refractivity contribution in [2.24, 2.45) is 5.73 Å². The summed E-state index contributed by atoms with van der Waals surface area (Å²) in [5.74, 6) is -2.70. The van der Waals surface area contributed by atoms with E-state index in [0.717, 1.165) is 18.2 Å². The van der Waals surface area contributed by atoms with Crippen LogP contribution in [0.25, 0.3) is 0 Å². The number of halogens is 2. The maximum atomic E-state index is 13.0. The number of amides is 2. The molecule has 1 aromatic carbocycles. The highest BCUT2D eigenvalue weighted by molar-refractivity contribution is 5.87. The number of nitrogens with two attached hydrogens (primary N) is 1. The smallest absolute Gasteiger partial charge is 0.240 e. The van der Waals surface area contributed by atoms with Gasteiger partial charge in [0.15, 0.2) is 0 Å². The van der Waals surface area contributed by atoms with E-state index in [-0.39, 0.29) is 12.0 Å². The Hall–Kier alpha value is -2.24. The van der Waals surface area contributed by atoms with Crippen LogP contribution in [0.5, 0.6) is 0 Å². The third-order valence-corrected chi connectivity index (χ3v) is 2.63. The largest absolute Gasteiger partial charge is 0.368 e. The fourth-order valence-electron chi connectivity index (χ4n) is 1.71. The molecule has 0 saturated carbocycles. The first-order valence-electron chi connectivity index (χ1n) is 6.07. The molecule has 108 valence electrons. The van der Waals surface area contributed by atoms with Gasteiger partial charge in [0.1, 0.15) is 17.7 Å². The Morgan fingerprint density at radius 3 is 2.40 bits per heavy atom. The third-order valence-electron chi connectivity index (χ3n) is 2.63. The van der Waals surface area contributed by atoms with Crippen molar-refractivity contribution < 1.29 is 18.4 Å². The lowest BCUT2D eigenvalue weighted by Gasteiger charge is -2.14. The monoisotopic (exact) mass is 282 g/mol. The Morgan fingerprint density at radius 1 is 1.30 bits per heavy atom. The van der Waals surface area contributed by atoms with Crippen LogP contribution in [-0.4, -0.2) is 17.9 Å². The van der Waals surface area contributed by atoms with E-state index in [2.05, 4.69) is 11.9 Å². The summed E-state index contributed by atoms with van der Waals surface area (Å²) in [5, 5.41) is 2.43. The average Bonchev–Trinajstić information content (AvgIpc) is 2.32. The summed E-state index contributed by atoms with van der Waals surface area (Å²) in [7, 11) is 0. The summed E-state index contributed by atoms with van der Waals surface area (Å²) in [5.41, 5.74) is 5.35. The van der Waals surface area contributed by atoms with E-state index >= 15 is 0 Å². The van der Waals surface area contributed by atoms with Gasteiger partial charge in [0.2, 0.25) is 11.8 Å². The minimum absolute atomic E-state index is 0.187. The van der Waals surface area contributed by atoms with Crippen molar-refractivity contribution in [2.75, 3.05) is 0 Å². The molecule has 0 saturated heterocycles. The van der Waals surface area contributed by atoms with Gasteiger partial charge < -0.3 is 11.1 Å². The average molecular weight is 282 g/mol. The molecule has 0 radical (unpaired) electrons. The summed E-state index contributed by atoms with van der Waals surface area (Å²) in [6.07, 6.45) is 2.22. The van der Waals surface area contributed by atoms with E-state index in [4.69, 9.17) is 5.73 Å². The van der Waals surface area contributed by atoms with Gasteiger partial charge in [0.25, 0.3) is 0 Å². The van der Waals surface area contributed by atoms with Crippen LogP contribution in [-0.2, 0) is 16.0 Å². The number of rotatable bonds is 7. The lowest BCUT2D eigenvalue weighted by molar-refractivity contribution is -0.127. The molecule has 0 aromatic heterocycles. The first-order chi connectivity index (χ1) is 9.42. The van der Waals surface area contributed by atoms with Crippen molar-refractivity contribution in [1.29, 1.82) is 0 Å². The molecule has 4 nitrogen and oxygen atoms in total. The molecule has 6 heteroatoms. The van der Waals surface area contributed by atoms with E-state index in [1.54, 1.807) is 6.08 Å². The molecular weight excluding hydrogens is 266 g/mol. The Labute approximate surface area is 115 Å². The van der Waals surface area contributed by atoms with Crippen molar-refractivity contribution >= 4 is 11.8 Å². The molecule has 2 amide bonds. The van der Waals surface area contributed by atoms with E-state index in [1.807, 2.05) is 0 Å². The van der Waals surface area contributed by atoms with E-state index < -0.39 is 29.5 Å². The molecule has 0 heterocycles. The lowest BCUT2D eigenvalue weighted by atomic mass is 10.1. The van der Waals surface area contributed by atoms with E-state index in [9.17, 15) is 18.4 Å². The molecule has 0 spiro atoms. The summed E-state index contributed by atoms with van der Waals surface area (Å²) >= 11 is 0. The predicted molar refractivity (Wildman–Crippen MR) is 70.6 cm³/mol. The molecule has 0 aliphatic rings. The fraction of sp³-hybridized carbons (Fsp3) is 0.286. The van der Waals surface area contributed by atoms with Crippen LogP contribution in [0.3, 0.4) is 0 Å². The van der Waals surface area contributed by atoms with Crippen LogP contribution in [0.15, 0.2) is 30.9 Å². The van der Waals surface area contributed by atoms with Crippen LogP contribution in [0.1, 0.15) is 18.4 Å². The number of primary amides is 1. The Morgan fingerprint density at radius 2 is 1.90 bits per heavy atom. The zero-order valence-corrected chi connectivity index (χ0v) is 10.9. The summed E-state index contributed by atoms with van der Waals surface area (Å²) in [6, 6.07) is 2.02. The highest BCUT2D eigenvalue weighted by Crippen LogP contribution is 2.09. The molecule has 1 aromatic rings. The first kappa shape index (κ1) is 15.8. The van der Waals surface area contributed by atoms with Crippen LogP contribution in [0.4, 0.5) is 8.78 Å². The molecule has 0 unspecified atom stereocenters. The second kappa shape index (κ2) is 7.37. The highest BCUT2D eigenvalue weighted by Gasteiger charge is 2.17. The molecule has 1 atom stereocenters. The fourth-order valence-corrected chi connectivity index (χ4v) is 1.71. The third kappa shape index (κ3) is 5.17. The van der Waals surface area contributed by atoms with Crippen molar-refractivity contribution in [2.45, 2.75) is 25.3 Å². The standard InChI is InChI=1S/C14H16F2N2O2/c1-2-3-4-12(14(17)20)18-13(19)7-9-5-10(15)8-11(16)6-9/h2,5-6,8,12H,1,3-4,7H2,(H2,17,20)(H,18,19)/t12-/m1/s1. The van der Waals surface area contributed by atoms with Crippen molar-refractivity contribution in [3.05, 3.63) is 48.1 Å². The number of allylic oxidation sites excluding steroid dienone is 1. The molecule has 20 heavy (non-hydrogen) atoms. The quantitative estimate of drug-likeness (QED) is 0.743. The minimum Gasteiger partial charge on any atom is -0.368 e. The number of hydrogen-bond acceptors (Lipinski definition) is 2. The molecule has 3 N–H and O–H groups in total. The normalized spacial score (nSPS) is 11.7. The Bertz CT molecular complexity index is 498. The topological polar surface area (TPSA) is 72.2 Å². The van der Waals surface area contributed by atoms with Crippen molar-refractivity contribution in [3.63, 3.8) is 0 Å². The summed E-state index contributed by atoms with van der Waals surface area (Å²) in [6.45, 7) is 3.51. The summed E-state index contributed by atoms with van der Waals surface area (Å²) in [4.78, 5) is 22.9. The number of nitrogens with one attached hydrogen (secondary N) is 1. The Kier molecular flexibility index (Phi) is 5.83. The molecule has 0 bridgehead atoms. The van der Waals surface area contributed by atoms with E-state index in [1.165, 1.54) is 0 Å². The van der Waals surface area contributed by atoms with Crippen molar-refractivity contribution in [3.8, 4) is 0 Å². The second-order valence-corrected chi connectivity index (χ2v) is 4.34. The molecule has 0 fully saturated rings. The Balaban J connectivity index is 2.65. The van der Waals surface area contributed by atoms with Crippen molar-refractivity contribution in [1.82, 2.24) is 5.32 Å². The number of carbonyl (C=O) groups is 2. The van der Waals surface area contributed by atoms with Gasteiger partial charge in [-0.1, -0.05) is 6.08 Å². The zero-order chi connectivity index (χ0) is 15.1. The molecule has 0 aliphatic heterocycles. The number of benzene rings is 1. The van der Waals surface area contributed by atoms with Gasteiger partial charge in [0.05, 0.1) is 6.42 Å². The van der Waals surface area contributed by atoms with Crippen LogP contribution < -0.4 is 11.1 Å². The van der Waals surface area contributed by atoms with Gasteiger partial charge in [-0.3, -0.25) is 9.59 Å². The summed E-state index contributed by atoms with van der Waals surface area (Å²) < 4.78 is 26.0. The maximum Gasteiger partial charge on any atom is 0.240 e. The molecule has 0 aliphatic carbocycles. The van der Waals surface area contributed by atoms with Crippen LogP contribution in [0, 0.1) is 11.6 Å².